The van der Waals surface area contributed by atoms with Gasteiger partial charge < -0.3 is 15.3 Å². The van der Waals surface area contributed by atoms with E-state index in [1.54, 1.807) is 16.7 Å². The third-order valence-corrected chi connectivity index (χ3v) is 4.30. The second kappa shape index (κ2) is 6.17. The quantitative estimate of drug-likeness (QED) is 0.841. The number of amides is 2. The Morgan fingerprint density at radius 2 is 1.95 bits per heavy atom. The molecule has 1 aliphatic heterocycles. The van der Waals surface area contributed by atoms with E-state index in [4.69, 9.17) is 5.11 Å². The van der Waals surface area contributed by atoms with Crippen LogP contribution in [0.5, 0.6) is 0 Å². The fourth-order valence-corrected chi connectivity index (χ4v) is 2.74. The summed E-state index contributed by atoms with van der Waals surface area (Å²) in [7, 11) is 0. The number of nitrogens with zero attached hydrogens (tertiary/aromatic N) is 1. The number of hydrogen-bond acceptors (Lipinski definition) is 3. The largest absolute Gasteiger partial charge is 0.481 e. The Hall–Kier alpha value is -1.69. The maximum Gasteiger partial charge on any atom is 0.321 e. The van der Waals surface area contributed by atoms with Crippen molar-refractivity contribution in [2.75, 3.05) is 24.7 Å². The number of carboxylic acids is 1. The first-order valence-electron chi connectivity index (χ1n) is 6.44. The van der Waals surface area contributed by atoms with Crippen LogP contribution in [0.25, 0.3) is 0 Å². The van der Waals surface area contributed by atoms with E-state index in [-0.39, 0.29) is 18.5 Å². The number of urea groups is 1. The number of hydrogen-bond donors (Lipinski definition) is 2. The predicted molar refractivity (Wildman–Crippen MR) is 79.1 cm³/mol. The van der Waals surface area contributed by atoms with Gasteiger partial charge in [-0.05, 0) is 36.4 Å². The van der Waals surface area contributed by atoms with Gasteiger partial charge in [0.25, 0.3) is 0 Å². The van der Waals surface area contributed by atoms with Crippen molar-refractivity contribution in [3.05, 3.63) is 24.3 Å². The Bertz CT molecular complexity index is 504. The number of benzene rings is 1. The lowest BCUT2D eigenvalue weighted by atomic mass is 9.99. The zero-order valence-electron chi connectivity index (χ0n) is 11.5. The lowest BCUT2D eigenvalue weighted by molar-refractivity contribution is -0.142. The van der Waals surface area contributed by atoms with E-state index in [1.807, 2.05) is 37.4 Å². The number of likely N-dealkylation sites (tertiary alicyclic amines) is 1. The van der Waals surface area contributed by atoms with Gasteiger partial charge in [-0.2, -0.15) is 0 Å². The molecule has 108 valence electrons. The molecule has 2 rings (SSSR count). The molecular formula is C14H18N2O3S. The predicted octanol–water partition coefficient (Wildman–Crippen LogP) is 2.59. The van der Waals surface area contributed by atoms with Crippen molar-refractivity contribution in [3.8, 4) is 0 Å². The molecule has 0 spiro atoms. The van der Waals surface area contributed by atoms with Crippen LogP contribution in [0.2, 0.25) is 0 Å². The Labute approximate surface area is 122 Å². The maximum absolute atomic E-state index is 12.1. The molecule has 1 heterocycles. The summed E-state index contributed by atoms with van der Waals surface area (Å²) in [6, 6.07) is 7.33. The van der Waals surface area contributed by atoms with Crippen LogP contribution in [0.3, 0.4) is 0 Å². The molecule has 20 heavy (non-hydrogen) atoms. The molecule has 2 atom stereocenters. The normalized spacial score (nSPS) is 21.8. The van der Waals surface area contributed by atoms with Gasteiger partial charge in [0.15, 0.2) is 0 Å². The molecule has 1 aromatic rings. The summed E-state index contributed by atoms with van der Waals surface area (Å²) in [5.41, 5.74) is 0.722. The number of anilines is 1. The maximum atomic E-state index is 12.1. The van der Waals surface area contributed by atoms with Gasteiger partial charge in [-0.3, -0.25) is 4.79 Å². The number of carboxylic acid groups (broad SMARTS) is 1. The Balaban J connectivity index is 1.96. The highest BCUT2D eigenvalue weighted by molar-refractivity contribution is 7.98. The highest BCUT2D eigenvalue weighted by atomic mass is 32.2. The Kier molecular flexibility index (Phi) is 4.54. The van der Waals surface area contributed by atoms with E-state index in [2.05, 4.69) is 5.32 Å². The van der Waals surface area contributed by atoms with Crippen molar-refractivity contribution in [3.63, 3.8) is 0 Å². The monoisotopic (exact) mass is 294 g/mol. The molecule has 0 aromatic heterocycles. The van der Waals surface area contributed by atoms with Crippen molar-refractivity contribution in [1.29, 1.82) is 0 Å². The van der Waals surface area contributed by atoms with Crippen molar-refractivity contribution in [1.82, 2.24) is 4.90 Å². The summed E-state index contributed by atoms with van der Waals surface area (Å²) in [5.74, 6) is -1.33. The number of nitrogens with one attached hydrogen (secondary N) is 1. The van der Waals surface area contributed by atoms with Crippen LogP contribution in [0.1, 0.15) is 6.92 Å². The summed E-state index contributed by atoms with van der Waals surface area (Å²) >= 11 is 1.64. The SMILES string of the molecule is CSc1ccc(NC(=O)N2C[C@@H](C)[C@H](C(=O)O)C2)cc1. The molecule has 2 N–H and O–H groups in total. The smallest absolute Gasteiger partial charge is 0.321 e. The molecule has 1 fully saturated rings. The fraction of sp³-hybridized carbons (Fsp3) is 0.429. The zero-order chi connectivity index (χ0) is 14.7. The lowest BCUT2D eigenvalue weighted by Gasteiger charge is -2.17. The van der Waals surface area contributed by atoms with Gasteiger partial charge in [0.1, 0.15) is 0 Å². The van der Waals surface area contributed by atoms with Crippen molar-refractivity contribution in [2.24, 2.45) is 11.8 Å². The minimum Gasteiger partial charge on any atom is -0.481 e. The highest BCUT2D eigenvalue weighted by Gasteiger charge is 2.36. The third kappa shape index (κ3) is 3.25. The van der Waals surface area contributed by atoms with E-state index in [9.17, 15) is 9.59 Å². The third-order valence-electron chi connectivity index (χ3n) is 3.56. The molecule has 5 nitrogen and oxygen atoms in total. The van der Waals surface area contributed by atoms with Crippen molar-refractivity contribution < 1.29 is 14.7 Å². The van der Waals surface area contributed by atoms with Gasteiger partial charge in [-0.15, -0.1) is 11.8 Å². The molecule has 1 aromatic carbocycles. The van der Waals surface area contributed by atoms with Gasteiger partial charge in [0.05, 0.1) is 5.92 Å². The molecule has 6 heteroatoms. The number of rotatable bonds is 3. The second-order valence-corrected chi connectivity index (χ2v) is 5.87. The Morgan fingerprint density at radius 1 is 1.30 bits per heavy atom. The highest BCUT2D eigenvalue weighted by Crippen LogP contribution is 2.24. The van der Waals surface area contributed by atoms with Gasteiger partial charge >= 0.3 is 12.0 Å². The molecule has 2 amide bonds. The van der Waals surface area contributed by atoms with Gasteiger partial charge in [0.2, 0.25) is 0 Å². The first-order chi connectivity index (χ1) is 9.51. The van der Waals surface area contributed by atoms with Gasteiger partial charge in [-0.1, -0.05) is 6.92 Å². The average molecular weight is 294 g/mol. The standard InChI is InChI=1S/C14H18N2O3S/c1-9-7-16(8-12(9)13(17)18)14(19)15-10-3-5-11(20-2)6-4-10/h3-6,9,12H,7-8H2,1-2H3,(H,15,19)(H,17,18)/t9-,12-/m1/s1. The summed E-state index contributed by atoms with van der Waals surface area (Å²) < 4.78 is 0. The number of carbonyl (C=O) groups is 2. The number of aliphatic carboxylic acids is 1. The molecule has 0 aliphatic carbocycles. The van der Waals surface area contributed by atoms with E-state index in [1.165, 1.54) is 0 Å². The molecule has 0 bridgehead atoms. The van der Waals surface area contributed by atoms with Gasteiger partial charge in [0, 0.05) is 23.7 Å². The first-order valence-corrected chi connectivity index (χ1v) is 7.66. The van der Waals surface area contributed by atoms with Crippen LogP contribution in [0, 0.1) is 11.8 Å². The summed E-state index contributed by atoms with van der Waals surface area (Å²) in [4.78, 5) is 25.8. The summed E-state index contributed by atoms with van der Waals surface area (Å²) in [6.07, 6.45) is 1.99. The fourth-order valence-electron chi connectivity index (χ4n) is 2.33. The van der Waals surface area contributed by atoms with Crippen LogP contribution in [-0.2, 0) is 4.79 Å². The van der Waals surface area contributed by atoms with E-state index >= 15 is 0 Å². The van der Waals surface area contributed by atoms with E-state index in [0.29, 0.717) is 6.54 Å². The summed E-state index contributed by atoms with van der Waals surface area (Å²) in [5, 5.41) is 11.9. The Morgan fingerprint density at radius 3 is 2.45 bits per heavy atom. The van der Waals surface area contributed by atoms with Crippen LogP contribution in [0.15, 0.2) is 29.2 Å². The number of thioether (sulfide) groups is 1. The molecule has 1 saturated heterocycles. The van der Waals surface area contributed by atoms with Crippen LogP contribution in [-0.4, -0.2) is 41.4 Å². The molecule has 0 radical (unpaired) electrons. The lowest BCUT2D eigenvalue weighted by Crippen LogP contribution is -2.33. The average Bonchev–Trinajstić information content (AvgIpc) is 2.82. The van der Waals surface area contributed by atoms with Crippen LogP contribution < -0.4 is 5.32 Å². The van der Waals surface area contributed by atoms with Crippen LogP contribution in [0.4, 0.5) is 10.5 Å². The number of carbonyl (C=O) groups excluding carboxylic acids is 1. The van der Waals surface area contributed by atoms with E-state index in [0.717, 1.165) is 10.6 Å². The van der Waals surface area contributed by atoms with Crippen molar-refractivity contribution >= 4 is 29.4 Å². The molecule has 1 aliphatic rings. The minimum absolute atomic E-state index is 0.0166. The minimum atomic E-state index is -0.836. The summed E-state index contributed by atoms with van der Waals surface area (Å²) in [6.45, 7) is 2.61. The second-order valence-electron chi connectivity index (χ2n) is 4.99. The molecule has 0 saturated carbocycles. The zero-order valence-corrected chi connectivity index (χ0v) is 12.3. The first kappa shape index (κ1) is 14.7. The van der Waals surface area contributed by atoms with E-state index < -0.39 is 11.9 Å². The molecular weight excluding hydrogens is 276 g/mol. The van der Waals surface area contributed by atoms with Gasteiger partial charge in [-0.25, -0.2) is 4.79 Å². The van der Waals surface area contributed by atoms with Crippen LogP contribution >= 0.6 is 11.8 Å². The molecule has 0 unspecified atom stereocenters. The topological polar surface area (TPSA) is 69.6 Å². The van der Waals surface area contributed by atoms with Crippen molar-refractivity contribution in [2.45, 2.75) is 11.8 Å².